The second-order valence-corrected chi connectivity index (χ2v) is 7.81. The third-order valence-corrected chi connectivity index (χ3v) is 5.51. The van der Waals surface area contributed by atoms with Crippen molar-refractivity contribution in [1.29, 1.82) is 0 Å². The van der Waals surface area contributed by atoms with Gasteiger partial charge in [-0.05, 0) is 49.2 Å². The molecule has 0 aromatic heterocycles. The molecule has 136 valence electrons. The number of amides is 2. The first-order valence-electron chi connectivity index (χ1n) is 8.11. The van der Waals surface area contributed by atoms with E-state index in [0.29, 0.717) is 22.7 Å². The maximum absolute atomic E-state index is 14.0. The van der Waals surface area contributed by atoms with Gasteiger partial charge in [0.2, 0.25) is 11.8 Å². The van der Waals surface area contributed by atoms with Gasteiger partial charge in [0, 0.05) is 11.4 Å². The van der Waals surface area contributed by atoms with Crippen molar-refractivity contribution in [3.05, 3.63) is 59.4 Å². The summed E-state index contributed by atoms with van der Waals surface area (Å²) in [5.41, 5.74) is 2.51. The van der Waals surface area contributed by atoms with Crippen LogP contribution in [0.4, 0.5) is 15.8 Å². The smallest absolute Gasteiger partial charge is 0.242 e. The number of halogens is 2. The van der Waals surface area contributed by atoms with Crippen molar-refractivity contribution in [2.75, 3.05) is 16.0 Å². The number of thioether (sulfide) groups is 1. The first-order chi connectivity index (χ1) is 12.4. The second-order valence-electron chi connectivity index (χ2n) is 6.09. The standard InChI is InChI=1S/C19H18ClFN2O2S/c1-11-6-7-15(9-16(11)21)23-17(24)10-26-19(23)13-4-3-5-14(8-13)22-18(25)12(2)20/h3-9,12,19H,10H2,1-2H3,(H,22,25). The number of carbonyl (C=O) groups is 2. The maximum atomic E-state index is 14.0. The number of nitrogens with one attached hydrogen (secondary N) is 1. The van der Waals surface area contributed by atoms with Crippen LogP contribution in [0.15, 0.2) is 42.5 Å². The number of aryl methyl sites for hydroxylation is 1. The molecule has 0 saturated carbocycles. The largest absolute Gasteiger partial charge is 0.325 e. The highest BCUT2D eigenvalue weighted by Gasteiger charge is 2.34. The van der Waals surface area contributed by atoms with Gasteiger partial charge < -0.3 is 5.32 Å². The maximum Gasteiger partial charge on any atom is 0.242 e. The zero-order valence-electron chi connectivity index (χ0n) is 14.3. The van der Waals surface area contributed by atoms with Gasteiger partial charge in [-0.1, -0.05) is 18.2 Å². The van der Waals surface area contributed by atoms with Gasteiger partial charge in [-0.2, -0.15) is 0 Å². The minimum Gasteiger partial charge on any atom is -0.325 e. The van der Waals surface area contributed by atoms with E-state index in [2.05, 4.69) is 5.32 Å². The summed E-state index contributed by atoms with van der Waals surface area (Å²) < 4.78 is 14.0. The highest BCUT2D eigenvalue weighted by atomic mass is 35.5. The monoisotopic (exact) mass is 392 g/mol. The van der Waals surface area contributed by atoms with Crippen LogP contribution in [0, 0.1) is 12.7 Å². The summed E-state index contributed by atoms with van der Waals surface area (Å²) >= 11 is 7.26. The fraction of sp³-hybridized carbons (Fsp3) is 0.263. The molecule has 4 nitrogen and oxygen atoms in total. The molecule has 0 bridgehead atoms. The Morgan fingerprint density at radius 1 is 1.35 bits per heavy atom. The van der Waals surface area contributed by atoms with E-state index in [1.165, 1.54) is 17.8 Å². The predicted molar refractivity (Wildman–Crippen MR) is 104 cm³/mol. The van der Waals surface area contributed by atoms with Crippen LogP contribution in [0.1, 0.15) is 23.4 Å². The number of rotatable bonds is 4. The summed E-state index contributed by atoms with van der Waals surface area (Å²) in [6, 6.07) is 12.1. The number of carbonyl (C=O) groups excluding carboxylic acids is 2. The summed E-state index contributed by atoms with van der Waals surface area (Å²) in [7, 11) is 0. The predicted octanol–water partition coefficient (Wildman–Crippen LogP) is 4.48. The third kappa shape index (κ3) is 3.86. The average molecular weight is 393 g/mol. The van der Waals surface area contributed by atoms with Crippen molar-refractivity contribution >= 4 is 46.6 Å². The summed E-state index contributed by atoms with van der Waals surface area (Å²) in [5.74, 6) is -0.401. The average Bonchev–Trinajstić information content (AvgIpc) is 2.99. The number of hydrogen-bond donors (Lipinski definition) is 1. The molecule has 0 aliphatic carbocycles. The van der Waals surface area contributed by atoms with Gasteiger partial charge in [-0.15, -0.1) is 23.4 Å². The van der Waals surface area contributed by atoms with Crippen molar-refractivity contribution in [1.82, 2.24) is 0 Å². The van der Waals surface area contributed by atoms with Gasteiger partial charge in [0.05, 0.1) is 5.75 Å². The Morgan fingerprint density at radius 3 is 2.81 bits per heavy atom. The van der Waals surface area contributed by atoms with E-state index in [0.717, 1.165) is 5.56 Å². The molecule has 3 rings (SSSR count). The Hall–Kier alpha value is -2.05. The molecule has 1 heterocycles. The fourth-order valence-corrected chi connectivity index (χ4v) is 3.91. The van der Waals surface area contributed by atoms with Gasteiger partial charge in [-0.3, -0.25) is 14.5 Å². The lowest BCUT2D eigenvalue weighted by molar-refractivity contribution is -0.116. The number of benzene rings is 2. The SMILES string of the molecule is Cc1ccc(N2C(=O)CSC2c2cccc(NC(=O)C(C)Cl)c2)cc1F. The summed E-state index contributed by atoms with van der Waals surface area (Å²) in [4.78, 5) is 25.8. The van der Waals surface area contributed by atoms with Gasteiger partial charge in [0.1, 0.15) is 16.6 Å². The molecule has 2 unspecified atom stereocenters. The Labute approximate surface area is 160 Å². The second kappa shape index (κ2) is 7.68. The minimum absolute atomic E-state index is 0.0768. The molecule has 2 amide bonds. The van der Waals surface area contributed by atoms with Gasteiger partial charge in [0.15, 0.2) is 0 Å². The number of anilines is 2. The molecular formula is C19H18ClFN2O2S. The lowest BCUT2D eigenvalue weighted by Crippen LogP contribution is -2.28. The normalized spacial score (nSPS) is 18.1. The Balaban J connectivity index is 1.91. The number of alkyl halides is 1. The summed E-state index contributed by atoms with van der Waals surface area (Å²) in [6.45, 7) is 3.28. The molecule has 2 aromatic carbocycles. The highest BCUT2D eigenvalue weighted by molar-refractivity contribution is 8.00. The van der Waals surface area contributed by atoms with E-state index in [-0.39, 0.29) is 23.0 Å². The molecule has 1 saturated heterocycles. The van der Waals surface area contributed by atoms with Crippen molar-refractivity contribution < 1.29 is 14.0 Å². The molecule has 0 spiro atoms. The molecule has 1 aliphatic rings. The van der Waals surface area contributed by atoms with Gasteiger partial charge >= 0.3 is 0 Å². The van der Waals surface area contributed by atoms with Crippen LogP contribution in [0.2, 0.25) is 0 Å². The number of hydrogen-bond acceptors (Lipinski definition) is 3. The molecule has 1 fully saturated rings. The molecule has 2 aromatic rings. The lowest BCUT2D eigenvalue weighted by Gasteiger charge is -2.25. The van der Waals surface area contributed by atoms with E-state index < -0.39 is 5.38 Å². The van der Waals surface area contributed by atoms with E-state index in [1.54, 1.807) is 43.0 Å². The first-order valence-corrected chi connectivity index (χ1v) is 9.60. The van der Waals surface area contributed by atoms with E-state index >= 15 is 0 Å². The van der Waals surface area contributed by atoms with E-state index in [1.807, 2.05) is 12.1 Å². The molecule has 26 heavy (non-hydrogen) atoms. The first kappa shape index (κ1) is 18.7. The van der Waals surface area contributed by atoms with Crippen LogP contribution in [0.3, 0.4) is 0 Å². The zero-order valence-corrected chi connectivity index (χ0v) is 15.9. The van der Waals surface area contributed by atoms with Crippen LogP contribution in [0.25, 0.3) is 0 Å². The number of nitrogens with zero attached hydrogens (tertiary/aromatic N) is 1. The van der Waals surface area contributed by atoms with Crippen LogP contribution >= 0.6 is 23.4 Å². The summed E-state index contributed by atoms with van der Waals surface area (Å²) in [6.07, 6.45) is 0. The minimum atomic E-state index is -0.645. The molecule has 1 aliphatic heterocycles. The molecule has 2 atom stereocenters. The van der Waals surface area contributed by atoms with Crippen molar-refractivity contribution in [2.24, 2.45) is 0 Å². The van der Waals surface area contributed by atoms with Crippen LogP contribution in [0.5, 0.6) is 0 Å². The Bertz CT molecular complexity index is 859. The Kier molecular flexibility index (Phi) is 5.53. The van der Waals surface area contributed by atoms with Crippen LogP contribution < -0.4 is 10.2 Å². The van der Waals surface area contributed by atoms with E-state index in [9.17, 15) is 14.0 Å². The third-order valence-electron chi connectivity index (χ3n) is 4.10. The van der Waals surface area contributed by atoms with Crippen molar-refractivity contribution in [3.8, 4) is 0 Å². The lowest BCUT2D eigenvalue weighted by atomic mass is 10.1. The molecular weight excluding hydrogens is 375 g/mol. The highest BCUT2D eigenvalue weighted by Crippen LogP contribution is 2.42. The molecule has 1 N–H and O–H groups in total. The molecule has 0 radical (unpaired) electrons. The Morgan fingerprint density at radius 2 is 2.12 bits per heavy atom. The van der Waals surface area contributed by atoms with Crippen molar-refractivity contribution in [3.63, 3.8) is 0 Å². The summed E-state index contributed by atoms with van der Waals surface area (Å²) in [5, 5.41) is 1.82. The van der Waals surface area contributed by atoms with Gasteiger partial charge in [0.25, 0.3) is 0 Å². The zero-order chi connectivity index (χ0) is 18.8. The van der Waals surface area contributed by atoms with Crippen LogP contribution in [-0.4, -0.2) is 22.9 Å². The topological polar surface area (TPSA) is 49.4 Å². The van der Waals surface area contributed by atoms with Crippen molar-refractivity contribution in [2.45, 2.75) is 24.6 Å². The van der Waals surface area contributed by atoms with E-state index in [4.69, 9.17) is 11.6 Å². The fourth-order valence-electron chi connectivity index (χ4n) is 2.69. The molecule has 7 heteroatoms. The van der Waals surface area contributed by atoms with Gasteiger partial charge in [-0.25, -0.2) is 4.39 Å². The quantitative estimate of drug-likeness (QED) is 0.780. The van der Waals surface area contributed by atoms with Crippen LogP contribution in [-0.2, 0) is 9.59 Å².